The van der Waals surface area contributed by atoms with Crippen LogP contribution in [0.2, 0.25) is 5.02 Å². The molecule has 0 aliphatic carbocycles. The van der Waals surface area contributed by atoms with E-state index in [9.17, 15) is 4.39 Å². The third kappa shape index (κ3) is 2.28. The Kier molecular flexibility index (Phi) is 3.33. The quantitative estimate of drug-likeness (QED) is 0.916. The molecule has 0 unspecified atom stereocenters. The molecule has 1 aliphatic rings. The van der Waals surface area contributed by atoms with Crippen LogP contribution in [0.1, 0.15) is 11.3 Å². The minimum atomic E-state index is -0.362. The van der Waals surface area contributed by atoms with Crippen LogP contribution in [0.15, 0.2) is 18.2 Å². The van der Waals surface area contributed by atoms with Crippen LogP contribution >= 0.6 is 23.4 Å². The summed E-state index contributed by atoms with van der Waals surface area (Å²) in [6.45, 7) is 0. The first kappa shape index (κ1) is 12.7. The molecule has 0 atom stereocenters. The predicted octanol–water partition coefficient (Wildman–Crippen LogP) is 3.72. The Morgan fingerprint density at radius 1 is 1.32 bits per heavy atom. The van der Waals surface area contributed by atoms with Crippen LogP contribution in [-0.4, -0.2) is 17.0 Å². The van der Waals surface area contributed by atoms with E-state index in [4.69, 9.17) is 11.6 Å². The largest absolute Gasteiger partial charge is 0.373 e. The van der Waals surface area contributed by atoms with Gasteiger partial charge in [-0.3, -0.25) is 0 Å². The Balaban J connectivity index is 2.15. The molecule has 19 heavy (non-hydrogen) atoms. The average molecular weight is 296 g/mol. The number of hydrogen-bond acceptors (Lipinski definition) is 4. The molecule has 1 aromatic carbocycles. The Labute approximate surface area is 119 Å². The summed E-state index contributed by atoms with van der Waals surface area (Å²) in [5.74, 6) is 2.79. The van der Waals surface area contributed by atoms with Gasteiger partial charge < -0.3 is 5.32 Å². The van der Waals surface area contributed by atoms with Gasteiger partial charge >= 0.3 is 0 Å². The number of fused-ring (bicyclic) bond motifs is 1. The maximum absolute atomic E-state index is 13.1. The van der Waals surface area contributed by atoms with Gasteiger partial charge in [0.25, 0.3) is 0 Å². The SMILES string of the molecule is CNc1nc(-c2ccc(F)cc2Cl)nc2c1CSC2. The van der Waals surface area contributed by atoms with Crippen molar-refractivity contribution in [3.05, 3.63) is 40.3 Å². The minimum absolute atomic E-state index is 0.327. The highest BCUT2D eigenvalue weighted by atomic mass is 35.5. The second-order valence-electron chi connectivity index (χ2n) is 4.19. The van der Waals surface area contributed by atoms with Gasteiger partial charge in [0, 0.05) is 29.7 Å². The molecule has 2 heterocycles. The average Bonchev–Trinajstić information content (AvgIpc) is 2.85. The van der Waals surface area contributed by atoms with Crippen molar-refractivity contribution in [1.82, 2.24) is 9.97 Å². The summed E-state index contributed by atoms with van der Waals surface area (Å²) < 4.78 is 13.1. The van der Waals surface area contributed by atoms with Crippen molar-refractivity contribution in [2.24, 2.45) is 0 Å². The van der Waals surface area contributed by atoms with Gasteiger partial charge in [-0.05, 0) is 18.2 Å². The third-order valence-corrected chi connectivity index (χ3v) is 4.27. The van der Waals surface area contributed by atoms with Gasteiger partial charge in [0.1, 0.15) is 11.6 Å². The lowest BCUT2D eigenvalue weighted by Gasteiger charge is -2.10. The fraction of sp³-hybridized carbons (Fsp3) is 0.231. The first-order valence-electron chi connectivity index (χ1n) is 5.79. The van der Waals surface area contributed by atoms with Gasteiger partial charge in [-0.15, -0.1) is 0 Å². The number of rotatable bonds is 2. The molecule has 0 saturated heterocycles. The molecule has 0 saturated carbocycles. The number of nitrogens with one attached hydrogen (secondary N) is 1. The van der Waals surface area contributed by atoms with Crippen LogP contribution in [-0.2, 0) is 11.5 Å². The summed E-state index contributed by atoms with van der Waals surface area (Å²) in [5, 5.41) is 3.41. The van der Waals surface area contributed by atoms with Crippen molar-refractivity contribution in [3.8, 4) is 11.4 Å². The van der Waals surface area contributed by atoms with Gasteiger partial charge in [0.2, 0.25) is 0 Å². The monoisotopic (exact) mass is 295 g/mol. The normalized spacial score (nSPS) is 13.4. The van der Waals surface area contributed by atoms with Crippen molar-refractivity contribution < 1.29 is 4.39 Å². The van der Waals surface area contributed by atoms with Gasteiger partial charge in [-0.1, -0.05) is 11.6 Å². The molecule has 3 rings (SSSR count). The summed E-state index contributed by atoms with van der Waals surface area (Å²) in [6.07, 6.45) is 0. The van der Waals surface area contributed by atoms with Crippen LogP contribution in [0.3, 0.4) is 0 Å². The molecule has 0 fully saturated rings. The van der Waals surface area contributed by atoms with Crippen molar-refractivity contribution in [2.45, 2.75) is 11.5 Å². The fourth-order valence-electron chi connectivity index (χ4n) is 2.05. The first-order valence-corrected chi connectivity index (χ1v) is 7.33. The molecule has 0 bridgehead atoms. The second-order valence-corrected chi connectivity index (χ2v) is 5.58. The molecule has 6 heteroatoms. The Morgan fingerprint density at radius 2 is 2.16 bits per heavy atom. The van der Waals surface area contributed by atoms with Gasteiger partial charge in [0.15, 0.2) is 5.82 Å². The standard InChI is InChI=1S/C13H11ClFN3S/c1-16-12-9-5-19-6-11(9)17-13(18-12)8-3-2-7(15)4-10(8)14/h2-4H,5-6H2,1H3,(H,16,17,18). The van der Waals surface area contributed by atoms with E-state index in [1.807, 2.05) is 18.8 Å². The maximum atomic E-state index is 13.1. The number of thioether (sulfide) groups is 1. The highest BCUT2D eigenvalue weighted by Crippen LogP contribution is 2.35. The summed E-state index contributed by atoms with van der Waals surface area (Å²) in [6, 6.07) is 4.26. The highest BCUT2D eigenvalue weighted by Gasteiger charge is 2.20. The molecule has 1 aromatic heterocycles. The van der Waals surface area contributed by atoms with Crippen LogP contribution in [0, 0.1) is 5.82 Å². The van der Waals surface area contributed by atoms with E-state index in [2.05, 4.69) is 15.3 Å². The second kappa shape index (κ2) is 4.98. The number of hydrogen-bond donors (Lipinski definition) is 1. The van der Waals surface area contributed by atoms with Gasteiger partial charge in [-0.25, -0.2) is 14.4 Å². The zero-order valence-electron chi connectivity index (χ0n) is 10.2. The van der Waals surface area contributed by atoms with E-state index in [0.717, 1.165) is 28.6 Å². The topological polar surface area (TPSA) is 37.8 Å². The van der Waals surface area contributed by atoms with Gasteiger partial charge in [0.05, 0.1) is 10.7 Å². The number of benzene rings is 1. The fourth-order valence-corrected chi connectivity index (χ4v) is 3.34. The Morgan fingerprint density at radius 3 is 2.89 bits per heavy atom. The molecule has 1 aliphatic heterocycles. The molecule has 3 nitrogen and oxygen atoms in total. The molecule has 0 amide bonds. The summed E-state index contributed by atoms with van der Waals surface area (Å²) in [5.41, 5.74) is 2.83. The molecular weight excluding hydrogens is 285 g/mol. The predicted molar refractivity (Wildman–Crippen MR) is 77.0 cm³/mol. The Hall–Kier alpha value is -1.33. The van der Waals surface area contributed by atoms with Gasteiger partial charge in [-0.2, -0.15) is 11.8 Å². The zero-order valence-corrected chi connectivity index (χ0v) is 11.8. The van der Waals surface area contributed by atoms with E-state index in [-0.39, 0.29) is 5.82 Å². The molecule has 2 aromatic rings. The lowest BCUT2D eigenvalue weighted by molar-refractivity contribution is 0.628. The maximum Gasteiger partial charge on any atom is 0.163 e. The summed E-state index contributed by atoms with van der Waals surface area (Å²) in [4.78, 5) is 9.02. The van der Waals surface area contributed by atoms with E-state index in [0.29, 0.717) is 16.4 Å². The number of aromatic nitrogens is 2. The van der Waals surface area contributed by atoms with Crippen molar-refractivity contribution >= 4 is 29.2 Å². The van der Waals surface area contributed by atoms with E-state index < -0.39 is 0 Å². The number of halogens is 2. The Bertz CT molecular complexity index is 648. The molecule has 0 radical (unpaired) electrons. The van der Waals surface area contributed by atoms with E-state index >= 15 is 0 Å². The minimum Gasteiger partial charge on any atom is -0.373 e. The van der Waals surface area contributed by atoms with Crippen molar-refractivity contribution in [1.29, 1.82) is 0 Å². The van der Waals surface area contributed by atoms with Crippen molar-refractivity contribution in [2.75, 3.05) is 12.4 Å². The van der Waals surface area contributed by atoms with Crippen LogP contribution in [0.25, 0.3) is 11.4 Å². The van der Waals surface area contributed by atoms with E-state index in [1.165, 1.54) is 12.1 Å². The highest BCUT2D eigenvalue weighted by molar-refractivity contribution is 7.98. The van der Waals surface area contributed by atoms with Crippen LogP contribution < -0.4 is 5.32 Å². The molecular formula is C13H11ClFN3S. The molecule has 1 N–H and O–H groups in total. The lowest BCUT2D eigenvalue weighted by atomic mass is 10.2. The number of nitrogens with zero attached hydrogens (tertiary/aromatic N) is 2. The lowest BCUT2D eigenvalue weighted by Crippen LogP contribution is -2.03. The van der Waals surface area contributed by atoms with Crippen molar-refractivity contribution in [3.63, 3.8) is 0 Å². The zero-order chi connectivity index (χ0) is 13.4. The van der Waals surface area contributed by atoms with E-state index in [1.54, 1.807) is 6.07 Å². The molecule has 98 valence electrons. The smallest absolute Gasteiger partial charge is 0.163 e. The number of anilines is 1. The molecule has 0 spiro atoms. The third-order valence-electron chi connectivity index (χ3n) is 2.99. The summed E-state index contributed by atoms with van der Waals surface area (Å²) in [7, 11) is 1.83. The van der Waals surface area contributed by atoms with Crippen LogP contribution in [0.5, 0.6) is 0 Å². The summed E-state index contributed by atoms with van der Waals surface area (Å²) >= 11 is 7.87. The first-order chi connectivity index (χ1) is 9.19. The van der Waals surface area contributed by atoms with Crippen LogP contribution in [0.4, 0.5) is 10.2 Å².